The van der Waals surface area contributed by atoms with Crippen molar-refractivity contribution in [1.82, 2.24) is 15.5 Å². The highest BCUT2D eigenvalue weighted by atomic mass is 16.2. The Kier molecular flexibility index (Phi) is 6.62. The average Bonchev–Trinajstić information content (AvgIpc) is 2.43. The van der Waals surface area contributed by atoms with Gasteiger partial charge in [0.15, 0.2) is 0 Å². The first kappa shape index (κ1) is 18.2. The van der Waals surface area contributed by atoms with Crippen LogP contribution in [0.5, 0.6) is 0 Å². The lowest BCUT2D eigenvalue weighted by Crippen LogP contribution is -2.46. The Balaban J connectivity index is 2.60. The lowest BCUT2D eigenvalue weighted by atomic mass is 9.92. The highest BCUT2D eigenvalue weighted by molar-refractivity contribution is 5.75. The van der Waals surface area contributed by atoms with E-state index in [4.69, 9.17) is 0 Å². The Morgan fingerprint density at radius 2 is 2.00 bits per heavy atom. The van der Waals surface area contributed by atoms with Gasteiger partial charge in [-0.2, -0.15) is 0 Å². The Bertz CT molecular complexity index is 521. The van der Waals surface area contributed by atoms with E-state index in [1.54, 1.807) is 0 Å². The fourth-order valence-corrected chi connectivity index (χ4v) is 2.17. The third-order valence-electron chi connectivity index (χ3n) is 3.57. The van der Waals surface area contributed by atoms with Crippen molar-refractivity contribution in [3.63, 3.8) is 0 Å². The largest absolute Gasteiger partial charge is 0.338 e. The zero-order valence-corrected chi connectivity index (χ0v) is 14.5. The lowest BCUT2D eigenvalue weighted by Gasteiger charge is -2.27. The minimum atomic E-state index is -0.433. The highest BCUT2D eigenvalue weighted by Gasteiger charge is 2.22. The molecule has 0 heterocycles. The lowest BCUT2D eigenvalue weighted by molar-refractivity contribution is 0.229. The molecule has 1 aromatic carbocycles. The number of hydrogen-bond acceptors (Lipinski definition) is 2. The van der Waals surface area contributed by atoms with Gasteiger partial charge in [-0.1, -0.05) is 30.4 Å². The molecular formula is C18H29N3O. The number of carbonyl (C=O) groups is 1. The predicted molar refractivity (Wildman–Crippen MR) is 93.9 cm³/mol. The normalized spacial score (nSPS) is 11.4. The SMILES string of the molecule is C=C(C)c1cccc(C(C)(C)NC(=O)NCCCN(C)C)c1. The molecule has 0 aromatic heterocycles. The molecule has 4 heteroatoms. The molecule has 0 atom stereocenters. The maximum Gasteiger partial charge on any atom is 0.315 e. The van der Waals surface area contributed by atoms with Gasteiger partial charge in [0.1, 0.15) is 0 Å². The molecular weight excluding hydrogens is 274 g/mol. The number of rotatable bonds is 7. The average molecular weight is 303 g/mol. The van der Waals surface area contributed by atoms with Crippen molar-refractivity contribution in [2.75, 3.05) is 27.2 Å². The van der Waals surface area contributed by atoms with Gasteiger partial charge in [0.2, 0.25) is 0 Å². The Morgan fingerprint density at radius 1 is 1.32 bits per heavy atom. The van der Waals surface area contributed by atoms with Crippen molar-refractivity contribution in [1.29, 1.82) is 0 Å². The van der Waals surface area contributed by atoms with Crippen LogP contribution in [0.15, 0.2) is 30.8 Å². The van der Waals surface area contributed by atoms with Crippen molar-refractivity contribution >= 4 is 11.6 Å². The monoisotopic (exact) mass is 303 g/mol. The summed E-state index contributed by atoms with van der Waals surface area (Å²) in [6.45, 7) is 11.6. The van der Waals surface area contributed by atoms with E-state index in [9.17, 15) is 4.79 Å². The number of carbonyl (C=O) groups excluding carboxylic acids is 1. The number of hydrogen-bond donors (Lipinski definition) is 2. The molecule has 0 unspecified atom stereocenters. The molecule has 22 heavy (non-hydrogen) atoms. The van der Waals surface area contributed by atoms with Crippen LogP contribution in [0.2, 0.25) is 0 Å². The van der Waals surface area contributed by atoms with Gasteiger partial charge in [0.25, 0.3) is 0 Å². The summed E-state index contributed by atoms with van der Waals surface area (Å²) in [5.74, 6) is 0. The van der Waals surface area contributed by atoms with E-state index in [2.05, 4.69) is 28.2 Å². The van der Waals surface area contributed by atoms with Crippen molar-refractivity contribution < 1.29 is 4.79 Å². The maximum absolute atomic E-state index is 12.0. The number of nitrogens with one attached hydrogen (secondary N) is 2. The minimum Gasteiger partial charge on any atom is -0.338 e. The number of benzene rings is 1. The number of amides is 2. The third kappa shape index (κ3) is 5.90. The standard InChI is InChI=1S/C18H29N3O/c1-14(2)15-9-7-10-16(13-15)18(3,4)20-17(22)19-11-8-12-21(5)6/h7,9-10,13H,1,8,11-12H2,2-6H3,(H2,19,20,22). The summed E-state index contributed by atoms with van der Waals surface area (Å²) >= 11 is 0. The van der Waals surface area contributed by atoms with Crippen LogP contribution in [0.3, 0.4) is 0 Å². The molecule has 122 valence electrons. The molecule has 1 aromatic rings. The predicted octanol–water partition coefficient (Wildman–Crippen LogP) is 3.21. The van der Waals surface area contributed by atoms with Gasteiger partial charge in [0, 0.05) is 6.54 Å². The molecule has 0 aliphatic rings. The van der Waals surface area contributed by atoms with Gasteiger partial charge < -0.3 is 15.5 Å². The molecule has 0 aliphatic heterocycles. The fourth-order valence-electron chi connectivity index (χ4n) is 2.17. The van der Waals surface area contributed by atoms with E-state index in [1.165, 1.54) is 0 Å². The first-order chi connectivity index (χ1) is 10.2. The van der Waals surface area contributed by atoms with Crippen LogP contribution in [0.25, 0.3) is 5.57 Å². The highest BCUT2D eigenvalue weighted by Crippen LogP contribution is 2.23. The smallest absolute Gasteiger partial charge is 0.315 e. The van der Waals surface area contributed by atoms with Gasteiger partial charge in [-0.15, -0.1) is 0 Å². The minimum absolute atomic E-state index is 0.135. The second-order valence-electron chi connectivity index (χ2n) is 6.52. The van der Waals surface area contributed by atoms with E-state index in [0.29, 0.717) is 6.54 Å². The third-order valence-corrected chi connectivity index (χ3v) is 3.57. The molecule has 0 spiro atoms. The Hall–Kier alpha value is -1.81. The van der Waals surface area contributed by atoms with Crippen LogP contribution in [0.1, 0.15) is 38.3 Å². The molecule has 0 saturated heterocycles. The molecule has 0 radical (unpaired) electrons. The van der Waals surface area contributed by atoms with Crippen LogP contribution in [-0.4, -0.2) is 38.1 Å². The van der Waals surface area contributed by atoms with E-state index in [1.807, 2.05) is 53.1 Å². The fraction of sp³-hybridized carbons (Fsp3) is 0.500. The second kappa shape index (κ2) is 7.99. The van der Waals surface area contributed by atoms with Crippen LogP contribution in [0, 0.1) is 0 Å². The molecule has 0 aliphatic carbocycles. The van der Waals surface area contributed by atoms with Crippen molar-refractivity contribution in [2.24, 2.45) is 0 Å². The van der Waals surface area contributed by atoms with Gasteiger partial charge in [-0.05, 0) is 65.0 Å². The molecule has 2 N–H and O–H groups in total. The molecule has 0 fully saturated rings. The van der Waals surface area contributed by atoms with E-state index in [0.717, 1.165) is 29.7 Å². The molecule has 0 saturated carbocycles. The molecule has 2 amide bonds. The summed E-state index contributed by atoms with van der Waals surface area (Å²) in [4.78, 5) is 14.1. The molecule has 4 nitrogen and oxygen atoms in total. The zero-order valence-electron chi connectivity index (χ0n) is 14.5. The van der Waals surface area contributed by atoms with Crippen molar-refractivity contribution in [2.45, 2.75) is 32.7 Å². The maximum atomic E-state index is 12.0. The van der Waals surface area contributed by atoms with Crippen molar-refractivity contribution in [3.8, 4) is 0 Å². The summed E-state index contributed by atoms with van der Waals surface area (Å²) in [5.41, 5.74) is 2.75. The summed E-state index contributed by atoms with van der Waals surface area (Å²) in [6, 6.07) is 8.00. The zero-order chi connectivity index (χ0) is 16.8. The quantitative estimate of drug-likeness (QED) is 0.760. The number of nitrogens with zero attached hydrogens (tertiary/aromatic N) is 1. The first-order valence-electron chi connectivity index (χ1n) is 7.69. The van der Waals surface area contributed by atoms with Crippen LogP contribution < -0.4 is 10.6 Å². The van der Waals surface area contributed by atoms with Crippen molar-refractivity contribution in [3.05, 3.63) is 42.0 Å². The number of urea groups is 1. The second-order valence-corrected chi connectivity index (χ2v) is 6.52. The summed E-state index contributed by atoms with van der Waals surface area (Å²) < 4.78 is 0. The van der Waals surface area contributed by atoms with Gasteiger partial charge in [-0.25, -0.2) is 4.79 Å². The van der Waals surface area contributed by atoms with Gasteiger partial charge in [-0.3, -0.25) is 0 Å². The summed E-state index contributed by atoms with van der Waals surface area (Å²) in [5, 5.41) is 5.94. The van der Waals surface area contributed by atoms with E-state index >= 15 is 0 Å². The Labute approximate surface area is 134 Å². The Morgan fingerprint density at radius 3 is 2.59 bits per heavy atom. The summed E-state index contributed by atoms with van der Waals surface area (Å²) in [7, 11) is 4.05. The summed E-state index contributed by atoms with van der Waals surface area (Å²) in [6.07, 6.45) is 0.937. The molecule has 1 rings (SSSR count). The van der Waals surface area contributed by atoms with Gasteiger partial charge >= 0.3 is 6.03 Å². The van der Waals surface area contributed by atoms with Crippen LogP contribution >= 0.6 is 0 Å². The van der Waals surface area contributed by atoms with Crippen LogP contribution in [0.4, 0.5) is 4.79 Å². The van der Waals surface area contributed by atoms with Gasteiger partial charge in [0.05, 0.1) is 5.54 Å². The number of allylic oxidation sites excluding steroid dienone is 1. The van der Waals surface area contributed by atoms with E-state index < -0.39 is 5.54 Å². The van der Waals surface area contributed by atoms with Crippen LogP contribution in [-0.2, 0) is 5.54 Å². The van der Waals surface area contributed by atoms with E-state index in [-0.39, 0.29) is 6.03 Å². The topological polar surface area (TPSA) is 44.4 Å². The molecule has 0 bridgehead atoms. The first-order valence-corrected chi connectivity index (χ1v) is 7.69.